The number of carbonyl (C=O) groups is 3. The van der Waals surface area contributed by atoms with Crippen LogP contribution in [-0.2, 0) is 15.1 Å². The van der Waals surface area contributed by atoms with E-state index in [4.69, 9.17) is 0 Å². The highest BCUT2D eigenvalue weighted by Gasteiger charge is 2.49. The Hall–Kier alpha value is -2.81. The van der Waals surface area contributed by atoms with Gasteiger partial charge in [-0.25, -0.2) is 14.2 Å². The first-order valence-corrected chi connectivity index (χ1v) is 7.87. The van der Waals surface area contributed by atoms with Crippen LogP contribution in [0, 0.1) is 5.82 Å². The molecule has 0 bridgehead atoms. The molecule has 9 heteroatoms. The number of hydrogen-bond donors (Lipinski definition) is 2. The van der Waals surface area contributed by atoms with Crippen molar-refractivity contribution in [3.63, 3.8) is 0 Å². The van der Waals surface area contributed by atoms with Crippen LogP contribution in [0.25, 0.3) is 0 Å². The first kappa shape index (κ1) is 16.1. The second-order valence-corrected chi connectivity index (χ2v) is 6.23. The molecule has 1 saturated heterocycles. The lowest BCUT2D eigenvalue weighted by molar-refractivity contribution is -0.133. The lowest BCUT2D eigenvalue weighted by Gasteiger charge is -2.22. The van der Waals surface area contributed by atoms with E-state index in [-0.39, 0.29) is 0 Å². The number of halogens is 1. The van der Waals surface area contributed by atoms with E-state index >= 15 is 0 Å². The molecule has 1 aromatic heterocycles. The van der Waals surface area contributed by atoms with E-state index in [0.29, 0.717) is 10.7 Å². The van der Waals surface area contributed by atoms with E-state index in [2.05, 4.69) is 15.6 Å². The normalized spacial score (nSPS) is 20.2. The van der Waals surface area contributed by atoms with Crippen LogP contribution in [0.15, 0.2) is 35.8 Å². The summed E-state index contributed by atoms with van der Waals surface area (Å²) < 4.78 is 13.1. The molecule has 2 heterocycles. The number of nitrogens with one attached hydrogen (secondary N) is 2. The minimum Gasteiger partial charge on any atom is -0.319 e. The zero-order valence-electron chi connectivity index (χ0n) is 12.6. The number of benzene rings is 1. The molecule has 0 radical (unpaired) electrons. The standard InChI is InChI=1S/C15H13FN4O3S/c1-15(9-2-4-10(16)5-3-9)12(22)20(14(23)19-15)8-11(21)18-13-17-6-7-24-13/h2-7H,8H2,1H3,(H,19,23)(H,17,18,21). The Bertz CT molecular complexity index is 794. The first-order valence-electron chi connectivity index (χ1n) is 6.99. The van der Waals surface area contributed by atoms with E-state index in [1.165, 1.54) is 48.7 Å². The molecule has 2 aromatic rings. The summed E-state index contributed by atoms with van der Waals surface area (Å²) >= 11 is 1.23. The van der Waals surface area contributed by atoms with Crippen LogP contribution in [0.2, 0.25) is 0 Å². The van der Waals surface area contributed by atoms with Gasteiger partial charge in [0.1, 0.15) is 17.9 Å². The van der Waals surface area contributed by atoms with E-state index in [1.54, 1.807) is 5.38 Å². The average Bonchev–Trinajstić information content (AvgIpc) is 3.11. The van der Waals surface area contributed by atoms with Crippen LogP contribution in [-0.4, -0.2) is 34.3 Å². The fourth-order valence-electron chi connectivity index (χ4n) is 2.41. The van der Waals surface area contributed by atoms with Crippen LogP contribution in [0.3, 0.4) is 0 Å². The fourth-order valence-corrected chi connectivity index (χ4v) is 2.95. The molecule has 24 heavy (non-hydrogen) atoms. The molecule has 0 aliphatic carbocycles. The van der Waals surface area contributed by atoms with Crippen molar-refractivity contribution < 1.29 is 18.8 Å². The van der Waals surface area contributed by atoms with Gasteiger partial charge in [-0.15, -0.1) is 11.3 Å². The van der Waals surface area contributed by atoms with Gasteiger partial charge in [-0.3, -0.25) is 14.5 Å². The van der Waals surface area contributed by atoms with Crippen molar-refractivity contribution in [1.82, 2.24) is 15.2 Å². The second kappa shape index (κ2) is 6.00. The predicted molar refractivity (Wildman–Crippen MR) is 84.7 cm³/mol. The SMILES string of the molecule is CC1(c2ccc(F)cc2)NC(=O)N(CC(=O)Nc2nccs2)C1=O. The third kappa shape index (κ3) is 2.85. The van der Waals surface area contributed by atoms with Gasteiger partial charge in [0.15, 0.2) is 5.13 Å². The number of aromatic nitrogens is 1. The number of anilines is 1. The number of thiazole rings is 1. The molecule has 0 spiro atoms. The summed E-state index contributed by atoms with van der Waals surface area (Å²) in [6.07, 6.45) is 1.53. The van der Waals surface area contributed by atoms with Crippen molar-refractivity contribution in [2.24, 2.45) is 0 Å². The Kier molecular flexibility index (Phi) is 4.02. The lowest BCUT2D eigenvalue weighted by atomic mass is 9.92. The molecule has 1 aliphatic heterocycles. The molecule has 7 nitrogen and oxygen atoms in total. The van der Waals surface area contributed by atoms with E-state index in [0.717, 1.165) is 4.90 Å². The van der Waals surface area contributed by atoms with E-state index in [1.807, 2.05) is 0 Å². The van der Waals surface area contributed by atoms with Crippen LogP contribution in [0.1, 0.15) is 12.5 Å². The van der Waals surface area contributed by atoms with Crippen LogP contribution < -0.4 is 10.6 Å². The summed E-state index contributed by atoms with van der Waals surface area (Å²) in [5, 5.41) is 7.13. The zero-order valence-corrected chi connectivity index (χ0v) is 13.4. The van der Waals surface area contributed by atoms with E-state index < -0.39 is 35.7 Å². The molecule has 3 rings (SSSR count). The molecule has 1 fully saturated rings. The van der Waals surface area contributed by atoms with Crippen molar-refractivity contribution in [3.8, 4) is 0 Å². The number of amides is 4. The third-order valence-electron chi connectivity index (χ3n) is 3.68. The Morgan fingerprint density at radius 3 is 2.71 bits per heavy atom. The molecule has 2 N–H and O–H groups in total. The number of hydrogen-bond acceptors (Lipinski definition) is 5. The quantitative estimate of drug-likeness (QED) is 0.823. The number of nitrogens with zero attached hydrogens (tertiary/aromatic N) is 2. The Morgan fingerprint density at radius 1 is 1.38 bits per heavy atom. The molecule has 1 unspecified atom stereocenters. The van der Waals surface area contributed by atoms with Gasteiger partial charge in [-0.05, 0) is 24.6 Å². The molecule has 1 atom stereocenters. The van der Waals surface area contributed by atoms with Gasteiger partial charge in [0.2, 0.25) is 5.91 Å². The van der Waals surface area contributed by atoms with Gasteiger partial charge in [0.05, 0.1) is 0 Å². The van der Waals surface area contributed by atoms with Gasteiger partial charge in [0.25, 0.3) is 5.91 Å². The van der Waals surface area contributed by atoms with Gasteiger partial charge < -0.3 is 10.6 Å². The highest BCUT2D eigenvalue weighted by atomic mass is 32.1. The van der Waals surface area contributed by atoms with Gasteiger partial charge in [-0.1, -0.05) is 12.1 Å². The highest BCUT2D eigenvalue weighted by molar-refractivity contribution is 7.13. The van der Waals surface area contributed by atoms with Crippen molar-refractivity contribution >= 4 is 34.3 Å². The topological polar surface area (TPSA) is 91.4 Å². The number of urea groups is 1. The van der Waals surface area contributed by atoms with Crippen molar-refractivity contribution in [2.75, 3.05) is 11.9 Å². The summed E-state index contributed by atoms with van der Waals surface area (Å²) in [5.41, 5.74) is -0.906. The van der Waals surface area contributed by atoms with Crippen LogP contribution >= 0.6 is 11.3 Å². The maximum atomic E-state index is 13.1. The molecule has 1 aliphatic rings. The summed E-state index contributed by atoms with van der Waals surface area (Å²) in [7, 11) is 0. The van der Waals surface area contributed by atoms with Gasteiger partial charge in [0, 0.05) is 11.6 Å². The maximum Gasteiger partial charge on any atom is 0.325 e. The van der Waals surface area contributed by atoms with Crippen molar-refractivity contribution in [2.45, 2.75) is 12.5 Å². The number of carbonyl (C=O) groups excluding carboxylic acids is 3. The molecule has 124 valence electrons. The summed E-state index contributed by atoms with van der Waals surface area (Å²) in [6.45, 7) is 1.08. The van der Waals surface area contributed by atoms with Crippen LogP contribution in [0.5, 0.6) is 0 Å². The highest BCUT2D eigenvalue weighted by Crippen LogP contribution is 2.28. The molecule has 4 amide bonds. The molecular formula is C15H13FN4O3S. The van der Waals surface area contributed by atoms with Gasteiger partial charge >= 0.3 is 6.03 Å². The summed E-state index contributed by atoms with van der Waals surface area (Å²) in [5.74, 6) is -1.55. The Labute approximate surface area is 140 Å². The maximum absolute atomic E-state index is 13.1. The van der Waals surface area contributed by atoms with Crippen molar-refractivity contribution in [1.29, 1.82) is 0 Å². The van der Waals surface area contributed by atoms with Gasteiger partial charge in [-0.2, -0.15) is 0 Å². The lowest BCUT2D eigenvalue weighted by Crippen LogP contribution is -2.42. The zero-order chi connectivity index (χ0) is 17.3. The largest absolute Gasteiger partial charge is 0.325 e. The summed E-state index contributed by atoms with van der Waals surface area (Å²) in [6, 6.07) is 4.58. The second-order valence-electron chi connectivity index (χ2n) is 5.34. The fraction of sp³-hybridized carbons (Fsp3) is 0.200. The minimum absolute atomic E-state index is 0.383. The Morgan fingerprint density at radius 2 is 2.08 bits per heavy atom. The average molecular weight is 348 g/mol. The predicted octanol–water partition coefficient (Wildman–Crippen LogP) is 1.69. The number of imide groups is 1. The summed E-state index contributed by atoms with van der Waals surface area (Å²) in [4.78, 5) is 41.4. The molecular weight excluding hydrogens is 335 g/mol. The Balaban J connectivity index is 1.76. The number of rotatable bonds is 4. The smallest absolute Gasteiger partial charge is 0.319 e. The first-order chi connectivity index (χ1) is 11.4. The molecule has 1 aromatic carbocycles. The molecule has 0 saturated carbocycles. The van der Waals surface area contributed by atoms with Crippen molar-refractivity contribution in [3.05, 3.63) is 47.2 Å². The third-order valence-corrected chi connectivity index (χ3v) is 4.37. The van der Waals surface area contributed by atoms with Crippen LogP contribution in [0.4, 0.5) is 14.3 Å². The van der Waals surface area contributed by atoms with E-state index in [9.17, 15) is 18.8 Å². The minimum atomic E-state index is -1.34. The monoisotopic (exact) mass is 348 g/mol.